The predicted octanol–water partition coefficient (Wildman–Crippen LogP) is 3.33. The van der Waals surface area contributed by atoms with Crippen LogP contribution in [0.4, 0.5) is 0 Å². The summed E-state index contributed by atoms with van der Waals surface area (Å²) in [6, 6.07) is 9.76. The van der Waals surface area contributed by atoms with Gasteiger partial charge in [-0.15, -0.1) is 0 Å². The van der Waals surface area contributed by atoms with Gasteiger partial charge in [-0.25, -0.2) is 4.98 Å². The van der Waals surface area contributed by atoms with E-state index >= 15 is 0 Å². The zero-order chi connectivity index (χ0) is 20.3. The van der Waals surface area contributed by atoms with Crippen molar-refractivity contribution in [2.24, 2.45) is 17.8 Å². The Balaban J connectivity index is 1.34. The Morgan fingerprint density at radius 2 is 1.97 bits per heavy atom. The van der Waals surface area contributed by atoms with Crippen molar-refractivity contribution < 1.29 is 13.9 Å². The fourth-order valence-electron chi connectivity index (χ4n) is 5.09. The van der Waals surface area contributed by atoms with Crippen LogP contribution in [0.2, 0.25) is 0 Å². The third-order valence-corrected chi connectivity index (χ3v) is 6.75. The molecule has 2 bridgehead atoms. The number of aromatic nitrogens is 1. The molecule has 0 unspecified atom stereocenters. The van der Waals surface area contributed by atoms with Crippen LogP contribution in [0.3, 0.4) is 0 Å². The molecule has 2 heterocycles. The van der Waals surface area contributed by atoms with Gasteiger partial charge in [-0.1, -0.05) is 42.5 Å². The van der Waals surface area contributed by atoms with Crippen LogP contribution in [-0.2, 0) is 4.74 Å². The van der Waals surface area contributed by atoms with E-state index in [-0.39, 0.29) is 5.91 Å². The SMILES string of the molecule is O=C(c1ncoc1-c1ccccc1)N(CCN1CCOCC1)C[C@H]1C[C@H]2C=C[C@H]1C2. The molecule has 1 aromatic carbocycles. The number of allylic oxidation sites excluding steroid dienone is 2. The van der Waals surface area contributed by atoms with Gasteiger partial charge in [0.2, 0.25) is 0 Å². The summed E-state index contributed by atoms with van der Waals surface area (Å²) < 4.78 is 11.1. The average Bonchev–Trinajstić information content (AvgIpc) is 3.54. The zero-order valence-corrected chi connectivity index (χ0v) is 17.3. The summed E-state index contributed by atoms with van der Waals surface area (Å²) in [5, 5.41) is 0. The zero-order valence-electron chi connectivity index (χ0n) is 17.3. The second-order valence-corrected chi connectivity index (χ2v) is 8.64. The largest absolute Gasteiger partial charge is 0.443 e. The van der Waals surface area contributed by atoms with Crippen LogP contribution >= 0.6 is 0 Å². The lowest BCUT2D eigenvalue weighted by atomic mass is 9.93. The highest BCUT2D eigenvalue weighted by molar-refractivity contribution is 5.97. The van der Waals surface area contributed by atoms with Crippen molar-refractivity contribution in [2.75, 3.05) is 45.9 Å². The number of carbonyl (C=O) groups is 1. The number of morpholine rings is 1. The summed E-state index contributed by atoms with van der Waals surface area (Å²) in [5.74, 6) is 2.39. The fourth-order valence-corrected chi connectivity index (χ4v) is 5.09. The normalized spacial score (nSPS) is 25.7. The molecule has 2 fully saturated rings. The van der Waals surface area contributed by atoms with Crippen LogP contribution in [0.5, 0.6) is 0 Å². The number of ether oxygens (including phenoxy) is 1. The highest BCUT2D eigenvalue weighted by Gasteiger charge is 2.38. The first-order valence-corrected chi connectivity index (χ1v) is 11.0. The van der Waals surface area contributed by atoms with Gasteiger partial charge in [-0.05, 0) is 30.6 Å². The smallest absolute Gasteiger partial charge is 0.276 e. The topological polar surface area (TPSA) is 58.8 Å². The van der Waals surface area contributed by atoms with Crippen molar-refractivity contribution in [3.05, 3.63) is 54.6 Å². The number of fused-ring (bicyclic) bond motifs is 2. The lowest BCUT2D eigenvalue weighted by Crippen LogP contribution is -2.45. The minimum absolute atomic E-state index is 0.0254. The van der Waals surface area contributed by atoms with Crippen LogP contribution in [0.15, 0.2) is 53.3 Å². The standard InChI is InChI=1S/C24H29N3O3/c28-24(22-23(30-17-25-22)19-4-2-1-3-5-19)27(9-8-26-10-12-29-13-11-26)16-21-15-18-6-7-20(21)14-18/h1-7,17-18,20-21H,8-16H2/t18-,20-,21+/m0/s1. The van der Waals surface area contributed by atoms with E-state index in [2.05, 4.69) is 22.0 Å². The molecule has 0 spiro atoms. The molecule has 5 rings (SSSR count). The van der Waals surface area contributed by atoms with E-state index in [0.717, 1.165) is 45.0 Å². The highest BCUT2D eigenvalue weighted by atomic mass is 16.5. The molecule has 3 atom stereocenters. The third kappa shape index (κ3) is 4.07. The lowest BCUT2D eigenvalue weighted by molar-refractivity contribution is 0.0312. The number of nitrogens with zero attached hydrogens (tertiary/aromatic N) is 3. The molecule has 158 valence electrons. The molecule has 1 saturated carbocycles. The Morgan fingerprint density at radius 1 is 1.13 bits per heavy atom. The van der Waals surface area contributed by atoms with Gasteiger partial charge in [-0.2, -0.15) is 0 Å². The first-order valence-electron chi connectivity index (χ1n) is 11.0. The number of hydrogen-bond donors (Lipinski definition) is 0. The average molecular weight is 408 g/mol. The van der Waals surface area contributed by atoms with Gasteiger partial charge in [-0.3, -0.25) is 9.69 Å². The molecule has 1 amide bonds. The molecule has 1 aliphatic heterocycles. The molecule has 2 aliphatic carbocycles. The van der Waals surface area contributed by atoms with Crippen molar-refractivity contribution in [1.29, 1.82) is 0 Å². The van der Waals surface area contributed by atoms with Gasteiger partial charge in [0.25, 0.3) is 5.91 Å². The number of hydrogen-bond acceptors (Lipinski definition) is 5. The second-order valence-electron chi connectivity index (χ2n) is 8.64. The minimum Gasteiger partial charge on any atom is -0.443 e. The highest BCUT2D eigenvalue weighted by Crippen LogP contribution is 2.43. The molecule has 1 aromatic heterocycles. The molecule has 0 radical (unpaired) electrons. The first kappa shape index (κ1) is 19.5. The molecule has 0 N–H and O–H groups in total. The van der Waals surface area contributed by atoms with Crippen molar-refractivity contribution in [2.45, 2.75) is 12.8 Å². The summed E-state index contributed by atoms with van der Waals surface area (Å²) in [6.07, 6.45) is 8.53. The van der Waals surface area contributed by atoms with Crippen LogP contribution in [0, 0.1) is 17.8 Å². The number of benzene rings is 1. The maximum absolute atomic E-state index is 13.6. The summed E-state index contributed by atoms with van der Waals surface area (Å²) in [6.45, 7) is 5.76. The summed E-state index contributed by atoms with van der Waals surface area (Å²) >= 11 is 0. The van der Waals surface area contributed by atoms with E-state index in [9.17, 15) is 4.79 Å². The minimum atomic E-state index is -0.0254. The predicted molar refractivity (Wildman–Crippen MR) is 114 cm³/mol. The van der Waals surface area contributed by atoms with Gasteiger partial charge in [0.1, 0.15) is 0 Å². The second kappa shape index (κ2) is 8.74. The molecule has 2 aromatic rings. The van der Waals surface area contributed by atoms with Gasteiger partial charge in [0, 0.05) is 38.3 Å². The fraction of sp³-hybridized carbons (Fsp3) is 0.500. The Labute approximate surface area is 177 Å². The van der Waals surface area contributed by atoms with Gasteiger partial charge in [0.15, 0.2) is 17.8 Å². The molecule has 3 aliphatic rings. The van der Waals surface area contributed by atoms with E-state index in [1.54, 1.807) is 0 Å². The van der Waals surface area contributed by atoms with Gasteiger partial charge < -0.3 is 14.1 Å². The van der Waals surface area contributed by atoms with Crippen molar-refractivity contribution in [3.8, 4) is 11.3 Å². The maximum Gasteiger partial charge on any atom is 0.276 e. The van der Waals surface area contributed by atoms with E-state index in [0.29, 0.717) is 35.8 Å². The third-order valence-electron chi connectivity index (χ3n) is 6.75. The molecule has 1 saturated heterocycles. The van der Waals surface area contributed by atoms with Crippen molar-refractivity contribution in [1.82, 2.24) is 14.8 Å². The van der Waals surface area contributed by atoms with E-state index in [4.69, 9.17) is 9.15 Å². The van der Waals surface area contributed by atoms with Crippen LogP contribution in [-0.4, -0.2) is 66.6 Å². The van der Waals surface area contributed by atoms with E-state index in [1.165, 1.54) is 19.2 Å². The molecule has 6 nitrogen and oxygen atoms in total. The Morgan fingerprint density at radius 3 is 2.70 bits per heavy atom. The van der Waals surface area contributed by atoms with Crippen LogP contribution in [0.1, 0.15) is 23.3 Å². The number of carbonyl (C=O) groups excluding carboxylic acids is 1. The Hall–Kier alpha value is -2.44. The number of rotatable bonds is 7. The monoisotopic (exact) mass is 407 g/mol. The summed E-state index contributed by atoms with van der Waals surface area (Å²) in [5.41, 5.74) is 1.30. The molecule has 30 heavy (non-hydrogen) atoms. The lowest BCUT2D eigenvalue weighted by Gasteiger charge is -2.32. The first-order chi connectivity index (χ1) is 14.8. The van der Waals surface area contributed by atoms with E-state index < -0.39 is 0 Å². The Bertz CT molecular complexity index is 888. The molecular formula is C24H29N3O3. The number of oxazole rings is 1. The molecular weight excluding hydrogens is 378 g/mol. The van der Waals surface area contributed by atoms with Crippen LogP contribution in [0.25, 0.3) is 11.3 Å². The number of amides is 1. The quantitative estimate of drug-likeness (QED) is 0.659. The van der Waals surface area contributed by atoms with Gasteiger partial charge in [0.05, 0.1) is 13.2 Å². The molecule has 6 heteroatoms. The van der Waals surface area contributed by atoms with Crippen LogP contribution < -0.4 is 0 Å². The van der Waals surface area contributed by atoms with E-state index in [1.807, 2.05) is 35.2 Å². The summed E-state index contributed by atoms with van der Waals surface area (Å²) in [4.78, 5) is 22.3. The maximum atomic E-state index is 13.6. The van der Waals surface area contributed by atoms with Crippen molar-refractivity contribution >= 4 is 5.91 Å². The Kier molecular flexibility index (Phi) is 5.69. The van der Waals surface area contributed by atoms with Crippen molar-refractivity contribution in [3.63, 3.8) is 0 Å². The summed E-state index contributed by atoms with van der Waals surface area (Å²) in [7, 11) is 0. The van der Waals surface area contributed by atoms with Gasteiger partial charge >= 0.3 is 0 Å².